The number of nitrogens with one attached hydrogen (secondary N) is 1. The molecule has 0 bridgehead atoms. The normalized spacial score (nSPS) is 11.3. The molecule has 0 radical (unpaired) electrons. The first-order valence-corrected chi connectivity index (χ1v) is 8.29. The van der Waals surface area contributed by atoms with E-state index in [2.05, 4.69) is 20.7 Å². The number of anilines is 2. The van der Waals surface area contributed by atoms with Gasteiger partial charge in [-0.2, -0.15) is 0 Å². The number of rotatable bonds is 3. The van der Waals surface area contributed by atoms with Crippen molar-refractivity contribution in [3.63, 3.8) is 0 Å². The monoisotopic (exact) mass is 374 g/mol. The predicted molar refractivity (Wildman–Crippen MR) is 85.6 cm³/mol. The van der Waals surface area contributed by atoms with E-state index in [1.54, 1.807) is 6.07 Å². The molecule has 0 aliphatic carbocycles. The van der Waals surface area contributed by atoms with E-state index in [9.17, 15) is 8.42 Å². The summed E-state index contributed by atoms with van der Waals surface area (Å²) < 4.78 is 28.0. The second kappa shape index (κ2) is 5.63. The van der Waals surface area contributed by atoms with Gasteiger partial charge >= 0.3 is 0 Å². The van der Waals surface area contributed by atoms with Crippen molar-refractivity contribution in [1.82, 2.24) is 0 Å². The van der Waals surface area contributed by atoms with Gasteiger partial charge in [0.2, 0.25) is 0 Å². The van der Waals surface area contributed by atoms with E-state index in [1.165, 1.54) is 18.2 Å². The molecule has 4 nitrogen and oxygen atoms in total. The topological polar surface area (TPSA) is 72.2 Å². The van der Waals surface area contributed by atoms with Crippen molar-refractivity contribution in [2.24, 2.45) is 0 Å². The number of aryl methyl sites for hydroxylation is 1. The fraction of sp³-hybridized carbons (Fsp3) is 0.0769. The molecule has 0 saturated heterocycles. The van der Waals surface area contributed by atoms with Crippen LogP contribution in [0.3, 0.4) is 0 Å². The number of hydrogen-bond donors (Lipinski definition) is 2. The maximum atomic E-state index is 12.3. The maximum Gasteiger partial charge on any atom is 0.263 e. The van der Waals surface area contributed by atoms with Gasteiger partial charge in [0, 0.05) is 10.2 Å². The van der Waals surface area contributed by atoms with Crippen molar-refractivity contribution in [2.45, 2.75) is 11.8 Å². The molecular weight excluding hydrogens is 364 g/mol. The average Bonchev–Trinajstić information content (AvgIpc) is 2.33. The summed E-state index contributed by atoms with van der Waals surface area (Å²) in [6.45, 7) is 1.81. The third-order valence-corrected chi connectivity index (χ3v) is 5.03. The van der Waals surface area contributed by atoms with E-state index in [1.807, 2.05) is 19.1 Å². The van der Waals surface area contributed by atoms with Crippen LogP contribution in [-0.2, 0) is 10.0 Å². The number of benzene rings is 2. The molecule has 2 rings (SSSR count). The first-order valence-electron chi connectivity index (χ1n) is 5.63. The third kappa shape index (κ3) is 3.26. The highest BCUT2D eigenvalue weighted by molar-refractivity contribution is 9.10. The van der Waals surface area contributed by atoms with E-state index in [4.69, 9.17) is 17.3 Å². The van der Waals surface area contributed by atoms with Gasteiger partial charge in [-0.15, -0.1) is 0 Å². The quantitative estimate of drug-likeness (QED) is 0.802. The summed E-state index contributed by atoms with van der Waals surface area (Å²) >= 11 is 9.25. The molecular formula is C13H12BrClN2O2S. The lowest BCUT2D eigenvalue weighted by molar-refractivity contribution is 0.601. The summed E-state index contributed by atoms with van der Waals surface area (Å²) in [4.78, 5) is -0.00672. The van der Waals surface area contributed by atoms with Crippen molar-refractivity contribution in [3.8, 4) is 0 Å². The summed E-state index contributed by atoms with van der Waals surface area (Å²) in [7, 11) is -3.76. The van der Waals surface area contributed by atoms with Crippen LogP contribution in [0.1, 0.15) is 5.56 Å². The highest BCUT2D eigenvalue weighted by atomic mass is 79.9. The van der Waals surface area contributed by atoms with Crippen LogP contribution in [0.5, 0.6) is 0 Å². The molecule has 0 unspecified atom stereocenters. The number of hydrogen-bond acceptors (Lipinski definition) is 3. The fourth-order valence-electron chi connectivity index (χ4n) is 1.64. The molecule has 2 aromatic rings. The lowest BCUT2D eigenvalue weighted by atomic mass is 10.2. The Balaban J connectivity index is 2.43. The van der Waals surface area contributed by atoms with E-state index in [0.717, 1.165) is 10.0 Å². The molecule has 0 fully saturated rings. The van der Waals surface area contributed by atoms with Gasteiger partial charge in [-0.1, -0.05) is 33.6 Å². The van der Waals surface area contributed by atoms with Gasteiger partial charge in [0.1, 0.15) is 4.90 Å². The van der Waals surface area contributed by atoms with Crippen LogP contribution in [0, 0.1) is 6.92 Å². The number of halogens is 2. The molecule has 0 saturated carbocycles. The zero-order valence-electron chi connectivity index (χ0n) is 10.5. The van der Waals surface area contributed by atoms with Crippen molar-refractivity contribution in [3.05, 3.63) is 51.5 Å². The minimum atomic E-state index is -3.76. The van der Waals surface area contributed by atoms with Gasteiger partial charge in [-0.25, -0.2) is 8.42 Å². The molecule has 2 aromatic carbocycles. The fourth-order valence-corrected chi connectivity index (χ4v) is 3.68. The van der Waals surface area contributed by atoms with Crippen molar-refractivity contribution < 1.29 is 8.42 Å². The van der Waals surface area contributed by atoms with Gasteiger partial charge < -0.3 is 5.73 Å². The zero-order chi connectivity index (χ0) is 14.9. The molecule has 106 valence electrons. The SMILES string of the molecule is Cc1ccc(Br)cc1NS(=O)(=O)c1ccc(N)cc1Cl. The number of sulfonamides is 1. The van der Waals surface area contributed by atoms with Crippen LogP contribution < -0.4 is 10.5 Å². The van der Waals surface area contributed by atoms with Crippen LogP contribution >= 0.6 is 27.5 Å². The second-order valence-corrected chi connectivity index (χ2v) is 7.23. The smallest absolute Gasteiger partial charge is 0.263 e. The second-order valence-electron chi connectivity index (χ2n) is 4.25. The van der Waals surface area contributed by atoms with Gasteiger partial charge in [-0.3, -0.25) is 4.72 Å². The standard InChI is InChI=1S/C13H12BrClN2O2S/c1-8-2-3-9(14)6-12(8)17-20(18,19)13-5-4-10(16)7-11(13)15/h2-7,17H,16H2,1H3. The Labute approximate surface area is 131 Å². The summed E-state index contributed by atoms with van der Waals surface area (Å²) in [6, 6.07) is 9.62. The predicted octanol–water partition coefficient (Wildman–Crippen LogP) is 3.79. The van der Waals surface area contributed by atoms with Crippen LogP contribution in [0.25, 0.3) is 0 Å². The Kier molecular flexibility index (Phi) is 4.27. The summed E-state index contributed by atoms with van der Waals surface area (Å²) in [5.74, 6) is 0. The number of nitrogens with two attached hydrogens (primary N) is 1. The van der Waals surface area contributed by atoms with Gasteiger partial charge in [0.15, 0.2) is 0 Å². The molecule has 0 spiro atoms. The Morgan fingerprint density at radius 2 is 1.90 bits per heavy atom. The maximum absolute atomic E-state index is 12.3. The van der Waals surface area contributed by atoms with Gasteiger partial charge in [0.05, 0.1) is 10.7 Å². The Morgan fingerprint density at radius 1 is 1.20 bits per heavy atom. The molecule has 0 atom stereocenters. The van der Waals surface area contributed by atoms with Crippen LogP contribution in [0.2, 0.25) is 5.02 Å². The van der Waals surface area contributed by atoms with Gasteiger partial charge in [0.25, 0.3) is 10.0 Å². The van der Waals surface area contributed by atoms with Crippen molar-refractivity contribution in [2.75, 3.05) is 10.5 Å². The molecule has 0 aliphatic rings. The summed E-state index contributed by atoms with van der Waals surface area (Å²) in [5.41, 5.74) is 7.27. The van der Waals surface area contributed by atoms with E-state index in [0.29, 0.717) is 11.4 Å². The molecule has 0 heterocycles. The largest absolute Gasteiger partial charge is 0.399 e. The van der Waals surface area contributed by atoms with Crippen molar-refractivity contribution >= 4 is 48.9 Å². The van der Waals surface area contributed by atoms with E-state index < -0.39 is 10.0 Å². The van der Waals surface area contributed by atoms with Crippen LogP contribution in [0.4, 0.5) is 11.4 Å². The Bertz CT molecular complexity index is 763. The van der Waals surface area contributed by atoms with Gasteiger partial charge in [-0.05, 0) is 42.8 Å². The molecule has 0 aliphatic heterocycles. The summed E-state index contributed by atoms with van der Waals surface area (Å²) in [6.07, 6.45) is 0. The third-order valence-electron chi connectivity index (χ3n) is 2.69. The van der Waals surface area contributed by atoms with Crippen LogP contribution in [-0.4, -0.2) is 8.42 Å². The minimum absolute atomic E-state index is 0.00672. The van der Waals surface area contributed by atoms with Crippen molar-refractivity contribution in [1.29, 1.82) is 0 Å². The van der Waals surface area contributed by atoms with E-state index >= 15 is 0 Å². The average molecular weight is 376 g/mol. The highest BCUT2D eigenvalue weighted by Gasteiger charge is 2.19. The first kappa shape index (κ1) is 15.2. The Morgan fingerprint density at radius 3 is 2.55 bits per heavy atom. The molecule has 3 N–H and O–H groups in total. The summed E-state index contributed by atoms with van der Waals surface area (Å²) in [5, 5.41) is 0.0881. The first-order chi connectivity index (χ1) is 9.29. The Hall–Kier alpha value is -1.24. The molecule has 7 heteroatoms. The number of nitrogen functional groups attached to an aromatic ring is 1. The lowest BCUT2D eigenvalue weighted by Gasteiger charge is -2.12. The minimum Gasteiger partial charge on any atom is -0.399 e. The van der Waals surface area contributed by atoms with E-state index in [-0.39, 0.29) is 9.92 Å². The zero-order valence-corrected chi connectivity index (χ0v) is 13.7. The highest BCUT2D eigenvalue weighted by Crippen LogP contribution is 2.28. The molecule has 0 amide bonds. The lowest BCUT2D eigenvalue weighted by Crippen LogP contribution is -2.14. The molecule has 0 aromatic heterocycles. The van der Waals surface area contributed by atoms with Crippen LogP contribution in [0.15, 0.2) is 45.8 Å². The molecule has 20 heavy (non-hydrogen) atoms.